The Morgan fingerprint density at radius 2 is 1.97 bits per heavy atom. The molecule has 3 aliphatic rings. The molecule has 31 heavy (non-hydrogen) atoms. The molecule has 0 unspecified atom stereocenters. The Kier molecular flexibility index (Phi) is 3.91. The number of ether oxygens (including phenoxy) is 1. The van der Waals surface area contributed by atoms with E-state index in [1.165, 1.54) is 6.07 Å². The number of hydrogen-bond acceptors (Lipinski definition) is 8. The van der Waals surface area contributed by atoms with Crippen LogP contribution in [0, 0.1) is 11.2 Å². The summed E-state index contributed by atoms with van der Waals surface area (Å²) in [6.45, 7) is 3.59. The summed E-state index contributed by atoms with van der Waals surface area (Å²) < 4.78 is 26.4. The molecule has 11 nitrogen and oxygen atoms in total. The fraction of sp³-hybridized carbons (Fsp3) is 0.421. The van der Waals surface area contributed by atoms with E-state index in [1.807, 2.05) is 0 Å². The van der Waals surface area contributed by atoms with Crippen LogP contribution < -0.4 is 15.5 Å². The normalized spacial score (nSPS) is 27.0. The van der Waals surface area contributed by atoms with Crippen molar-refractivity contribution in [3.63, 3.8) is 0 Å². The number of nitrogens with one attached hydrogen (secondary N) is 2. The van der Waals surface area contributed by atoms with Crippen molar-refractivity contribution in [2.75, 3.05) is 11.4 Å². The molecular weight excluding hydrogens is 415 g/mol. The Morgan fingerprint density at radius 3 is 2.61 bits per heavy atom. The molecular formula is C19H17FN4O7. The van der Waals surface area contributed by atoms with Crippen molar-refractivity contribution in [3.8, 4) is 0 Å². The minimum Gasteiger partial charge on any atom is -0.476 e. The van der Waals surface area contributed by atoms with Gasteiger partial charge in [0.05, 0.1) is 29.3 Å². The van der Waals surface area contributed by atoms with E-state index < -0.39 is 52.9 Å². The molecule has 4 amide bonds. The monoisotopic (exact) mass is 432 g/mol. The summed E-state index contributed by atoms with van der Waals surface area (Å²) in [6, 6.07) is -0.490. The molecule has 0 aliphatic carbocycles. The van der Waals surface area contributed by atoms with Crippen molar-refractivity contribution < 1.29 is 37.9 Å². The van der Waals surface area contributed by atoms with E-state index in [-0.39, 0.29) is 41.3 Å². The molecule has 1 aromatic heterocycles. The van der Waals surface area contributed by atoms with Gasteiger partial charge in [-0.3, -0.25) is 20.2 Å². The smallest absolute Gasteiger partial charge is 0.358 e. The Morgan fingerprint density at radius 1 is 1.29 bits per heavy atom. The first-order valence-electron chi connectivity index (χ1n) is 9.58. The fourth-order valence-corrected chi connectivity index (χ4v) is 5.10. The van der Waals surface area contributed by atoms with E-state index in [1.54, 1.807) is 18.7 Å². The van der Waals surface area contributed by atoms with Gasteiger partial charge in [-0.25, -0.2) is 14.0 Å². The number of urea groups is 1. The van der Waals surface area contributed by atoms with Crippen molar-refractivity contribution in [2.45, 2.75) is 38.5 Å². The van der Waals surface area contributed by atoms with Gasteiger partial charge in [-0.15, -0.1) is 0 Å². The summed E-state index contributed by atoms with van der Waals surface area (Å²) in [5.74, 6) is -3.89. The Bertz CT molecular complexity index is 1170. The first-order valence-corrected chi connectivity index (χ1v) is 9.58. The van der Waals surface area contributed by atoms with Gasteiger partial charge in [0.25, 0.3) is 0 Å². The van der Waals surface area contributed by atoms with E-state index in [9.17, 15) is 24.3 Å². The van der Waals surface area contributed by atoms with Gasteiger partial charge in [0.2, 0.25) is 17.4 Å². The maximum atomic E-state index is 15.6. The molecule has 0 bridgehead atoms. The second kappa shape index (κ2) is 6.23. The Balaban J connectivity index is 1.80. The molecule has 2 saturated heterocycles. The van der Waals surface area contributed by atoms with E-state index in [4.69, 9.17) is 9.26 Å². The van der Waals surface area contributed by atoms with Crippen LogP contribution in [0.25, 0.3) is 11.0 Å². The molecule has 5 rings (SSSR count). The zero-order valence-corrected chi connectivity index (χ0v) is 16.4. The summed E-state index contributed by atoms with van der Waals surface area (Å²) >= 11 is 0. The van der Waals surface area contributed by atoms with Gasteiger partial charge in [-0.1, -0.05) is 5.16 Å². The highest BCUT2D eigenvalue weighted by atomic mass is 19.1. The number of halogens is 1. The zero-order valence-electron chi connectivity index (χ0n) is 16.4. The highest BCUT2D eigenvalue weighted by Crippen LogP contribution is 2.49. The van der Waals surface area contributed by atoms with Crippen LogP contribution in [0.1, 0.15) is 29.9 Å². The van der Waals surface area contributed by atoms with Gasteiger partial charge >= 0.3 is 12.0 Å². The van der Waals surface area contributed by atoms with Crippen LogP contribution in [-0.4, -0.2) is 58.9 Å². The van der Waals surface area contributed by atoms with Crippen molar-refractivity contribution in [1.82, 2.24) is 15.8 Å². The molecule has 0 saturated carbocycles. The number of aromatic nitrogens is 1. The summed E-state index contributed by atoms with van der Waals surface area (Å²) in [5.41, 5.74) is -2.28. The molecule has 1 spiro atoms. The number of rotatable bonds is 1. The van der Waals surface area contributed by atoms with Crippen molar-refractivity contribution >= 4 is 40.5 Å². The molecule has 0 radical (unpaired) electrons. The number of barbiturate groups is 1. The van der Waals surface area contributed by atoms with Gasteiger partial charge in [0.15, 0.2) is 16.9 Å². The lowest BCUT2D eigenvalue weighted by molar-refractivity contribution is -0.153. The summed E-state index contributed by atoms with van der Waals surface area (Å²) in [5, 5.41) is 17.0. The van der Waals surface area contributed by atoms with Crippen LogP contribution in [0.5, 0.6) is 0 Å². The minimum absolute atomic E-state index is 0.0839. The number of aromatic carboxylic acids is 1. The first-order chi connectivity index (χ1) is 14.6. The van der Waals surface area contributed by atoms with Crippen LogP contribution in [0.15, 0.2) is 10.6 Å². The lowest BCUT2D eigenvalue weighted by Gasteiger charge is -2.55. The second-order valence-corrected chi connectivity index (χ2v) is 8.05. The van der Waals surface area contributed by atoms with Gasteiger partial charge in [-0.05, 0) is 25.5 Å². The predicted molar refractivity (Wildman–Crippen MR) is 99.9 cm³/mol. The fourth-order valence-electron chi connectivity index (χ4n) is 5.10. The van der Waals surface area contributed by atoms with E-state index in [0.717, 1.165) is 0 Å². The Hall–Kier alpha value is -3.54. The van der Waals surface area contributed by atoms with Crippen LogP contribution in [-0.2, 0) is 20.7 Å². The quantitative estimate of drug-likeness (QED) is 0.549. The van der Waals surface area contributed by atoms with Crippen LogP contribution >= 0.6 is 0 Å². The number of imide groups is 2. The molecule has 2 fully saturated rings. The van der Waals surface area contributed by atoms with E-state index in [2.05, 4.69) is 15.8 Å². The standard InChI is InChI=1S/C19H17FN4O7/c1-6-5-24-12-8(3-9-11(15(25)26)23-31-13(9)10(12)20)4-19(14(24)7(2)30-6)16(27)21-18(29)22-17(19)28/h3,6-7,14H,4-5H2,1-2H3,(H,25,26)(H2,21,22,27,28,29)/t6-,7+,14-/m1/s1. The van der Waals surface area contributed by atoms with Crippen LogP contribution in [0.4, 0.5) is 14.9 Å². The van der Waals surface area contributed by atoms with Gasteiger partial charge < -0.3 is 19.3 Å². The number of carbonyl (C=O) groups excluding carboxylic acids is 3. The topological polar surface area (TPSA) is 151 Å². The summed E-state index contributed by atoms with van der Waals surface area (Å²) in [6.07, 6.45) is -1.29. The molecule has 162 valence electrons. The number of amides is 4. The largest absolute Gasteiger partial charge is 0.476 e. The highest BCUT2D eigenvalue weighted by molar-refractivity contribution is 6.20. The average Bonchev–Trinajstić information content (AvgIpc) is 3.09. The number of hydrogen-bond donors (Lipinski definition) is 3. The SMILES string of the molecule is C[C@@H]1CN2c3c(cc4c(C(=O)O)noc4c3F)CC3(C(=O)NC(=O)NC3=O)[C@H]2[C@H](C)O1. The molecule has 3 atom stereocenters. The van der Waals surface area contributed by atoms with Crippen molar-refractivity contribution in [2.24, 2.45) is 5.41 Å². The number of fused-ring (bicyclic) bond motifs is 5. The first kappa shape index (κ1) is 19.4. The van der Waals surface area contributed by atoms with Gasteiger partial charge in [0.1, 0.15) is 0 Å². The highest BCUT2D eigenvalue weighted by Gasteiger charge is 2.63. The number of nitrogens with zero attached hydrogens (tertiary/aromatic N) is 2. The maximum absolute atomic E-state index is 15.6. The second-order valence-electron chi connectivity index (χ2n) is 8.05. The third kappa shape index (κ3) is 2.45. The predicted octanol–water partition coefficient (Wildman–Crippen LogP) is 0.556. The number of carboxylic acids is 1. The molecule has 2 aromatic rings. The third-order valence-electron chi connectivity index (χ3n) is 6.17. The van der Waals surface area contributed by atoms with E-state index in [0.29, 0.717) is 0 Å². The van der Waals surface area contributed by atoms with Gasteiger partial charge in [-0.2, -0.15) is 0 Å². The summed E-state index contributed by atoms with van der Waals surface area (Å²) in [7, 11) is 0. The average molecular weight is 432 g/mol. The molecule has 3 N–H and O–H groups in total. The van der Waals surface area contributed by atoms with Crippen molar-refractivity contribution in [3.05, 3.63) is 23.1 Å². The third-order valence-corrected chi connectivity index (χ3v) is 6.17. The Labute approximate surface area is 173 Å². The number of carboxylic acid groups (broad SMARTS) is 1. The molecule has 4 heterocycles. The van der Waals surface area contributed by atoms with Crippen molar-refractivity contribution in [1.29, 1.82) is 0 Å². The summed E-state index contributed by atoms with van der Waals surface area (Å²) in [4.78, 5) is 50.9. The lowest BCUT2D eigenvalue weighted by Crippen LogP contribution is -2.75. The number of morpholine rings is 1. The molecule has 1 aromatic carbocycles. The van der Waals surface area contributed by atoms with Gasteiger partial charge in [0, 0.05) is 13.0 Å². The molecule has 12 heteroatoms. The zero-order chi connectivity index (χ0) is 22.2. The number of anilines is 1. The minimum atomic E-state index is -1.79. The number of benzene rings is 1. The number of carbonyl (C=O) groups is 4. The molecule has 3 aliphatic heterocycles. The van der Waals surface area contributed by atoms with E-state index >= 15 is 4.39 Å². The lowest BCUT2D eigenvalue weighted by atomic mass is 9.66. The van der Waals surface area contributed by atoms with Crippen LogP contribution in [0.2, 0.25) is 0 Å². The van der Waals surface area contributed by atoms with Crippen LogP contribution in [0.3, 0.4) is 0 Å². The maximum Gasteiger partial charge on any atom is 0.358 e.